The van der Waals surface area contributed by atoms with Gasteiger partial charge in [-0.3, -0.25) is 4.79 Å². The molecule has 2 aliphatic rings. The molecule has 0 aromatic heterocycles. The zero-order valence-electron chi connectivity index (χ0n) is 15.2. The van der Waals surface area contributed by atoms with E-state index in [9.17, 15) is 14.7 Å². The normalized spacial score (nSPS) is 23.4. The van der Waals surface area contributed by atoms with Gasteiger partial charge in [-0.1, -0.05) is 25.0 Å². The number of aryl methyl sites for hydroxylation is 1. The molecule has 3 amide bonds. The number of carbonyl (C=O) groups is 2. The van der Waals surface area contributed by atoms with Crippen molar-refractivity contribution >= 4 is 29.4 Å². The van der Waals surface area contributed by atoms with Crippen LogP contribution in [0.5, 0.6) is 0 Å². The highest BCUT2D eigenvalue weighted by molar-refractivity contribution is 7.99. The number of urea groups is 1. The van der Waals surface area contributed by atoms with E-state index in [1.165, 1.54) is 0 Å². The number of hydrogen-bond donors (Lipinski definition) is 3. The zero-order chi connectivity index (χ0) is 18.5. The largest absolute Gasteiger partial charge is 0.391 e. The van der Waals surface area contributed by atoms with Crippen molar-refractivity contribution in [2.75, 3.05) is 29.9 Å². The summed E-state index contributed by atoms with van der Waals surface area (Å²) in [6.45, 7) is 3.35. The van der Waals surface area contributed by atoms with Gasteiger partial charge in [0.1, 0.15) is 0 Å². The monoisotopic (exact) mass is 377 g/mol. The summed E-state index contributed by atoms with van der Waals surface area (Å²) in [4.78, 5) is 27.2. The van der Waals surface area contributed by atoms with Crippen LogP contribution in [0.3, 0.4) is 0 Å². The van der Waals surface area contributed by atoms with E-state index in [1.54, 1.807) is 6.07 Å². The van der Waals surface area contributed by atoms with Crippen LogP contribution in [-0.2, 0) is 0 Å². The Morgan fingerprint density at radius 3 is 2.65 bits per heavy atom. The van der Waals surface area contributed by atoms with Crippen molar-refractivity contribution in [2.24, 2.45) is 0 Å². The Balaban J connectivity index is 1.72. The molecular formula is C19H27N3O3S. The van der Waals surface area contributed by atoms with Crippen LogP contribution in [-0.4, -0.2) is 58.7 Å². The summed E-state index contributed by atoms with van der Waals surface area (Å²) in [7, 11) is 0. The van der Waals surface area contributed by atoms with Crippen molar-refractivity contribution < 1.29 is 14.7 Å². The van der Waals surface area contributed by atoms with Crippen molar-refractivity contribution in [2.45, 2.75) is 44.8 Å². The molecule has 142 valence electrons. The SMILES string of the molecule is Cc1cccc(C(=O)N2CCSCC2)c1NC(=O)N[C@H]1CCCC[C@H]1O. The topological polar surface area (TPSA) is 81.7 Å². The Labute approximate surface area is 158 Å². The number of nitrogens with one attached hydrogen (secondary N) is 2. The Morgan fingerprint density at radius 2 is 1.92 bits per heavy atom. The van der Waals surface area contributed by atoms with E-state index in [-0.39, 0.29) is 18.0 Å². The fraction of sp³-hybridized carbons (Fsp3) is 0.579. The fourth-order valence-corrected chi connectivity index (χ4v) is 4.45. The number of anilines is 1. The van der Waals surface area contributed by atoms with Gasteiger partial charge in [0.2, 0.25) is 0 Å². The van der Waals surface area contributed by atoms with Gasteiger partial charge in [0.15, 0.2) is 0 Å². The average Bonchev–Trinajstić information content (AvgIpc) is 2.65. The maximum absolute atomic E-state index is 12.9. The molecule has 3 rings (SSSR count). The van der Waals surface area contributed by atoms with E-state index >= 15 is 0 Å². The van der Waals surface area contributed by atoms with E-state index in [0.29, 0.717) is 17.7 Å². The molecule has 6 nitrogen and oxygen atoms in total. The number of thioether (sulfide) groups is 1. The Hall–Kier alpha value is -1.73. The van der Waals surface area contributed by atoms with Crippen LogP contribution in [0.15, 0.2) is 18.2 Å². The van der Waals surface area contributed by atoms with Crippen LogP contribution in [0.1, 0.15) is 41.6 Å². The summed E-state index contributed by atoms with van der Waals surface area (Å²) >= 11 is 1.85. The molecule has 1 aliphatic carbocycles. The molecule has 0 radical (unpaired) electrons. The predicted molar refractivity (Wildman–Crippen MR) is 105 cm³/mol. The highest BCUT2D eigenvalue weighted by Gasteiger charge is 2.26. The number of para-hydroxylation sites is 1. The summed E-state index contributed by atoms with van der Waals surface area (Å²) in [5.74, 6) is 1.85. The minimum atomic E-state index is -0.502. The van der Waals surface area contributed by atoms with E-state index in [1.807, 2.05) is 35.7 Å². The molecule has 2 fully saturated rings. The highest BCUT2D eigenvalue weighted by Crippen LogP contribution is 2.24. The molecule has 1 saturated carbocycles. The highest BCUT2D eigenvalue weighted by atomic mass is 32.2. The third-order valence-electron chi connectivity index (χ3n) is 5.09. The molecule has 1 aromatic carbocycles. The van der Waals surface area contributed by atoms with Gasteiger partial charge in [0.25, 0.3) is 5.91 Å². The van der Waals surface area contributed by atoms with Gasteiger partial charge in [-0.25, -0.2) is 4.79 Å². The third kappa shape index (κ3) is 4.51. The van der Waals surface area contributed by atoms with Gasteiger partial charge in [-0.05, 0) is 31.4 Å². The van der Waals surface area contributed by atoms with Crippen molar-refractivity contribution in [3.8, 4) is 0 Å². The standard InChI is InChI=1S/C19H27N3O3S/c1-13-5-4-6-14(18(24)22-9-11-26-12-10-22)17(13)21-19(25)20-15-7-2-3-8-16(15)23/h4-6,15-16,23H,2-3,7-12H2,1H3,(H2,20,21,25)/t15-,16+/m0/s1. The maximum Gasteiger partial charge on any atom is 0.319 e. The van der Waals surface area contributed by atoms with Crippen molar-refractivity contribution in [3.05, 3.63) is 29.3 Å². The summed E-state index contributed by atoms with van der Waals surface area (Å²) in [6, 6.07) is 4.89. The molecule has 1 heterocycles. The molecule has 26 heavy (non-hydrogen) atoms. The van der Waals surface area contributed by atoms with Crippen LogP contribution in [0.25, 0.3) is 0 Å². The lowest BCUT2D eigenvalue weighted by Gasteiger charge is -2.29. The summed E-state index contributed by atoms with van der Waals surface area (Å²) in [6.07, 6.45) is 2.98. The van der Waals surface area contributed by atoms with Crippen LogP contribution in [0.2, 0.25) is 0 Å². The van der Waals surface area contributed by atoms with Crippen molar-refractivity contribution in [1.29, 1.82) is 0 Å². The average molecular weight is 378 g/mol. The first-order chi connectivity index (χ1) is 12.6. The summed E-state index contributed by atoms with van der Waals surface area (Å²) in [5.41, 5.74) is 1.93. The number of hydrogen-bond acceptors (Lipinski definition) is 4. The minimum absolute atomic E-state index is 0.0398. The number of benzene rings is 1. The van der Waals surface area contributed by atoms with Crippen molar-refractivity contribution in [1.82, 2.24) is 10.2 Å². The quantitative estimate of drug-likeness (QED) is 0.756. The number of rotatable bonds is 3. The fourth-order valence-electron chi connectivity index (χ4n) is 3.55. The van der Waals surface area contributed by atoms with Gasteiger partial charge >= 0.3 is 6.03 Å². The van der Waals surface area contributed by atoms with E-state index < -0.39 is 6.10 Å². The Bertz CT molecular complexity index is 661. The first-order valence-electron chi connectivity index (χ1n) is 9.28. The summed E-state index contributed by atoms with van der Waals surface area (Å²) in [5, 5.41) is 15.8. The van der Waals surface area contributed by atoms with Gasteiger partial charge in [0.05, 0.1) is 23.4 Å². The zero-order valence-corrected chi connectivity index (χ0v) is 16.0. The maximum atomic E-state index is 12.9. The van der Waals surface area contributed by atoms with Crippen LogP contribution < -0.4 is 10.6 Å². The molecule has 0 unspecified atom stereocenters. The van der Waals surface area contributed by atoms with E-state index in [4.69, 9.17) is 0 Å². The molecule has 1 saturated heterocycles. The first kappa shape index (κ1) is 19.0. The van der Waals surface area contributed by atoms with E-state index in [2.05, 4.69) is 10.6 Å². The smallest absolute Gasteiger partial charge is 0.319 e. The lowest BCUT2D eigenvalue weighted by molar-refractivity contribution is 0.0773. The third-order valence-corrected chi connectivity index (χ3v) is 6.03. The number of nitrogens with zero attached hydrogens (tertiary/aromatic N) is 1. The molecule has 1 aliphatic heterocycles. The van der Waals surface area contributed by atoms with Crippen LogP contribution in [0, 0.1) is 6.92 Å². The molecule has 0 spiro atoms. The molecule has 2 atom stereocenters. The lowest BCUT2D eigenvalue weighted by Crippen LogP contribution is -2.47. The second kappa shape index (κ2) is 8.77. The Kier molecular flexibility index (Phi) is 6.43. The number of aliphatic hydroxyl groups is 1. The molecule has 7 heteroatoms. The summed E-state index contributed by atoms with van der Waals surface area (Å²) < 4.78 is 0. The van der Waals surface area contributed by atoms with Crippen molar-refractivity contribution in [3.63, 3.8) is 0 Å². The van der Waals surface area contributed by atoms with Crippen LogP contribution in [0.4, 0.5) is 10.5 Å². The van der Waals surface area contributed by atoms with Gasteiger partial charge in [-0.2, -0.15) is 11.8 Å². The molecule has 0 bridgehead atoms. The predicted octanol–water partition coefficient (Wildman–Crippen LogP) is 2.61. The molecular weight excluding hydrogens is 350 g/mol. The molecule has 3 N–H and O–H groups in total. The van der Waals surface area contributed by atoms with Gasteiger partial charge < -0.3 is 20.6 Å². The number of carbonyl (C=O) groups excluding carboxylic acids is 2. The second-order valence-electron chi connectivity index (χ2n) is 6.96. The minimum Gasteiger partial charge on any atom is -0.391 e. The lowest BCUT2D eigenvalue weighted by atomic mass is 9.93. The van der Waals surface area contributed by atoms with Gasteiger partial charge in [-0.15, -0.1) is 0 Å². The first-order valence-corrected chi connectivity index (χ1v) is 10.4. The van der Waals surface area contributed by atoms with E-state index in [0.717, 1.165) is 49.4 Å². The second-order valence-corrected chi connectivity index (χ2v) is 8.18. The Morgan fingerprint density at radius 1 is 1.19 bits per heavy atom. The molecule has 1 aromatic rings. The number of amides is 3. The van der Waals surface area contributed by atoms with Crippen LogP contribution >= 0.6 is 11.8 Å². The number of aliphatic hydroxyl groups excluding tert-OH is 1. The van der Waals surface area contributed by atoms with Gasteiger partial charge in [0, 0.05) is 24.6 Å².